The van der Waals surface area contributed by atoms with Gasteiger partial charge in [0.1, 0.15) is 14.2 Å². The lowest BCUT2D eigenvalue weighted by atomic mass is 10.3. The molecule has 1 heterocycles. The Kier molecular flexibility index (Phi) is 2.21. The molecule has 3 nitrogen and oxygen atoms in total. The van der Waals surface area contributed by atoms with Crippen molar-refractivity contribution in [3.05, 3.63) is 37.2 Å². The van der Waals surface area contributed by atoms with Gasteiger partial charge in [-0.25, -0.2) is 4.79 Å². The van der Waals surface area contributed by atoms with Crippen LogP contribution in [0.3, 0.4) is 0 Å². The predicted molar refractivity (Wildman–Crippen MR) is 38.4 cm³/mol. The molecular weight excluding hydrogens is 142 g/mol. The topological polar surface area (TPSA) is 30.2 Å². The quantitative estimate of drug-likeness (QED) is 0.431. The molecule has 11 heavy (non-hydrogen) atoms. The Labute approximate surface area is 65.2 Å². The van der Waals surface area contributed by atoms with Gasteiger partial charge in [-0.2, -0.15) is 4.57 Å². The first kappa shape index (κ1) is 7.72. The van der Waals surface area contributed by atoms with Crippen molar-refractivity contribution in [2.75, 3.05) is 0 Å². The summed E-state index contributed by atoms with van der Waals surface area (Å²) >= 11 is 0. The van der Waals surface area contributed by atoms with Gasteiger partial charge >= 0.3 is 5.97 Å². The zero-order valence-electron chi connectivity index (χ0n) is 6.28. The summed E-state index contributed by atoms with van der Waals surface area (Å²) in [5.41, 5.74) is 0.488. The molecule has 0 aromatic carbocycles. The molecule has 0 amide bonds. The third kappa shape index (κ3) is 1.55. The van der Waals surface area contributed by atoms with Crippen LogP contribution in [0.4, 0.5) is 0 Å². The van der Waals surface area contributed by atoms with Crippen LogP contribution in [0.5, 0.6) is 0 Å². The van der Waals surface area contributed by atoms with Crippen molar-refractivity contribution in [2.24, 2.45) is 7.05 Å². The molecule has 0 saturated carbocycles. The van der Waals surface area contributed by atoms with Gasteiger partial charge < -0.3 is 4.74 Å². The lowest BCUT2D eigenvalue weighted by molar-refractivity contribution is -0.674. The maximum absolute atomic E-state index is 10.9. The van der Waals surface area contributed by atoms with Gasteiger partial charge in [-0.15, -0.1) is 0 Å². The maximum Gasteiger partial charge on any atom is 0.403 e. The van der Waals surface area contributed by atoms with Gasteiger partial charge in [0.2, 0.25) is 0 Å². The largest absolute Gasteiger partial charge is 0.454 e. The van der Waals surface area contributed by atoms with Crippen LogP contribution in [0.1, 0.15) is 10.5 Å². The van der Waals surface area contributed by atoms with E-state index >= 15 is 0 Å². The molecule has 0 N–H and O–H groups in total. The summed E-state index contributed by atoms with van der Waals surface area (Å²) in [4.78, 5) is 10.9. The summed E-state index contributed by atoms with van der Waals surface area (Å²) in [6, 6.07) is 5.28. The second-order valence-corrected chi connectivity index (χ2v) is 2.13. The van der Waals surface area contributed by atoms with Gasteiger partial charge in [0.15, 0.2) is 6.20 Å². The highest BCUT2D eigenvalue weighted by Crippen LogP contribution is 1.92. The molecule has 0 aliphatic rings. The zero-order chi connectivity index (χ0) is 8.27. The van der Waals surface area contributed by atoms with Gasteiger partial charge in [-0.05, 0) is 6.07 Å². The van der Waals surface area contributed by atoms with Crippen LogP contribution in [0, 0.1) is 7.11 Å². The maximum atomic E-state index is 10.9. The van der Waals surface area contributed by atoms with Crippen molar-refractivity contribution in [1.82, 2.24) is 0 Å². The number of aromatic nitrogens is 1. The normalized spacial score (nSPS) is 9.27. The van der Waals surface area contributed by atoms with Crippen LogP contribution in [0.25, 0.3) is 0 Å². The number of esters is 1. The van der Waals surface area contributed by atoms with Crippen molar-refractivity contribution in [2.45, 2.75) is 0 Å². The molecule has 0 spiro atoms. The van der Waals surface area contributed by atoms with Crippen molar-refractivity contribution in [1.29, 1.82) is 0 Å². The minimum absolute atomic E-state index is 0.423. The van der Waals surface area contributed by atoms with Crippen molar-refractivity contribution in [3.63, 3.8) is 0 Å². The molecule has 57 valence electrons. The molecular formula is C8H9NO2+. The first-order valence-electron chi connectivity index (χ1n) is 3.16. The van der Waals surface area contributed by atoms with Crippen molar-refractivity contribution >= 4 is 5.97 Å². The highest BCUT2D eigenvalue weighted by Gasteiger charge is 2.14. The Hall–Kier alpha value is -1.38. The van der Waals surface area contributed by atoms with Crippen molar-refractivity contribution in [3.8, 4) is 0 Å². The van der Waals surface area contributed by atoms with E-state index in [1.54, 1.807) is 29.9 Å². The van der Waals surface area contributed by atoms with Crippen LogP contribution < -0.4 is 4.57 Å². The molecule has 1 rings (SSSR count). The number of aryl methyl sites for hydroxylation is 1. The summed E-state index contributed by atoms with van der Waals surface area (Å²) < 4.78 is 5.98. The van der Waals surface area contributed by atoms with Crippen LogP contribution >= 0.6 is 0 Å². The van der Waals surface area contributed by atoms with Crippen LogP contribution in [-0.4, -0.2) is 5.97 Å². The fourth-order valence-electron chi connectivity index (χ4n) is 0.809. The number of carbonyl (C=O) groups excluding carboxylic acids is 1. The molecule has 1 radical (unpaired) electrons. The van der Waals surface area contributed by atoms with Crippen molar-refractivity contribution < 1.29 is 14.1 Å². The SMILES string of the molecule is [CH2]OC(=O)c1cccc[n+]1C. The fourth-order valence-corrected chi connectivity index (χ4v) is 0.809. The van der Waals surface area contributed by atoms with E-state index in [-0.39, 0.29) is 0 Å². The van der Waals surface area contributed by atoms with E-state index in [2.05, 4.69) is 11.8 Å². The van der Waals surface area contributed by atoms with E-state index < -0.39 is 5.97 Å². The molecule has 0 fully saturated rings. The predicted octanol–water partition coefficient (Wildman–Crippen LogP) is 0.459. The van der Waals surface area contributed by atoms with E-state index in [0.29, 0.717) is 5.69 Å². The van der Waals surface area contributed by atoms with Crippen LogP contribution in [0.2, 0.25) is 0 Å². The number of hydrogen-bond acceptors (Lipinski definition) is 2. The van der Waals surface area contributed by atoms with Gasteiger partial charge in [0, 0.05) is 12.1 Å². The number of carbonyl (C=O) groups is 1. The molecule has 0 aliphatic heterocycles. The lowest BCUT2D eigenvalue weighted by Crippen LogP contribution is -2.35. The fraction of sp³-hybridized carbons (Fsp3) is 0.125. The number of nitrogens with zero attached hydrogens (tertiary/aromatic N) is 1. The first-order chi connectivity index (χ1) is 5.25. The van der Waals surface area contributed by atoms with E-state index in [0.717, 1.165) is 0 Å². The van der Waals surface area contributed by atoms with E-state index in [4.69, 9.17) is 0 Å². The van der Waals surface area contributed by atoms with E-state index in [9.17, 15) is 4.79 Å². The highest BCUT2D eigenvalue weighted by molar-refractivity contribution is 5.85. The molecule has 3 heteroatoms. The Morgan fingerprint density at radius 2 is 2.36 bits per heavy atom. The number of ether oxygens (including phenoxy) is 1. The highest BCUT2D eigenvalue weighted by atomic mass is 16.5. The summed E-state index contributed by atoms with van der Waals surface area (Å²) in [6.45, 7) is 0. The molecule has 0 unspecified atom stereocenters. The van der Waals surface area contributed by atoms with Gasteiger partial charge in [-0.1, -0.05) is 0 Å². The second kappa shape index (κ2) is 3.14. The summed E-state index contributed by atoms with van der Waals surface area (Å²) in [5, 5.41) is 0. The molecule has 1 aromatic rings. The van der Waals surface area contributed by atoms with Crippen LogP contribution in [-0.2, 0) is 11.8 Å². The standard InChI is InChI=1S/C8H9NO2/c1-9-6-4-3-5-7(9)8(10)11-2/h3-6H,2H2,1H3/q+1. The van der Waals surface area contributed by atoms with E-state index in [1.807, 2.05) is 6.07 Å². The molecule has 0 aliphatic carbocycles. The minimum atomic E-state index is -0.423. The molecule has 1 aromatic heterocycles. The summed E-state index contributed by atoms with van der Waals surface area (Å²) in [6.07, 6.45) is 1.77. The number of rotatable bonds is 1. The molecule has 0 saturated heterocycles. The number of hydrogen-bond donors (Lipinski definition) is 0. The van der Waals surface area contributed by atoms with Gasteiger partial charge in [0.25, 0.3) is 5.69 Å². The smallest absolute Gasteiger partial charge is 0.403 e. The summed E-state index contributed by atoms with van der Waals surface area (Å²) in [7, 11) is 4.81. The number of pyridine rings is 1. The average molecular weight is 151 g/mol. The Bertz CT molecular complexity index is 271. The van der Waals surface area contributed by atoms with Crippen LogP contribution in [0.15, 0.2) is 24.4 Å². The Balaban J connectivity index is 3.03. The molecule has 0 bridgehead atoms. The average Bonchev–Trinajstić information content (AvgIpc) is 2.04. The Morgan fingerprint density at radius 1 is 1.64 bits per heavy atom. The minimum Gasteiger partial charge on any atom is -0.454 e. The molecule has 0 atom stereocenters. The van der Waals surface area contributed by atoms with Gasteiger partial charge in [0.05, 0.1) is 0 Å². The summed E-state index contributed by atoms with van der Waals surface area (Å²) in [5.74, 6) is -0.423. The van der Waals surface area contributed by atoms with Gasteiger partial charge in [-0.3, -0.25) is 0 Å². The lowest BCUT2D eigenvalue weighted by Gasteiger charge is -1.94. The first-order valence-corrected chi connectivity index (χ1v) is 3.16. The monoisotopic (exact) mass is 151 g/mol. The zero-order valence-corrected chi connectivity index (χ0v) is 6.28. The Morgan fingerprint density at radius 3 is 2.91 bits per heavy atom. The third-order valence-corrected chi connectivity index (χ3v) is 1.40. The second-order valence-electron chi connectivity index (χ2n) is 2.13. The third-order valence-electron chi connectivity index (χ3n) is 1.40. The van der Waals surface area contributed by atoms with E-state index in [1.165, 1.54) is 0 Å².